The minimum Gasteiger partial charge on any atom is -0.295 e. The molecular weight excluding hydrogens is 438 g/mol. The van der Waals surface area contributed by atoms with Crippen molar-refractivity contribution in [2.24, 2.45) is 5.92 Å². The van der Waals surface area contributed by atoms with Gasteiger partial charge in [-0.15, -0.1) is 0 Å². The average molecular weight is 465 g/mol. The van der Waals surface area contributed by atoms with Crippen LogP contribution in [0.3, 0.4) is 0 Å². The topological polar surface area (TPSA) is 3.24 Å². The maximum absolute atomic E-state index is 3.66. The van der Waals surface area contributed by atoms with Crippen molar-refractivity contribution in [1.29, 1.82) is 0 Å². The second-order valence-electron chi connectivity index (χ2n) is 7.19. The van der Waals surface area contributed by atoms with Crippen molar-refractivity contribution in [3.63, 3.8) is 0 Å². The largest absolute Gasteiger partial charge is 0.295 e. The van der Waals surface area contributed by atoms with Crippen molar-refractivity contribution in [3.05, 3.63) is 56.5 Å². The van der Waals surface area contributed by atoms with Crippen molar-refractivity contribution in [3.8, 4) is 11.1 Å². The monoisotopic (exact) mass is 463 g/mol. The molecule has 0 aromatic heterocycles. The molecule has 1 unspecified atom stereocenters. The smallest absolute Gasteiger partial charge is 0.0243 e. The Bertz CT molecular complexity index is 672. The summed E-state index contributed by atoms with van der Waals surface area (Å²) in [7, 11) is 0. The summed E-state index contributed by atoms with van der Waals surface area (Å²) in [6, 6.07) is 13.5. The lowest BCUT2D eigenvalue weighted by molar-refractivity contribution is 0.205. The third-order valence-corrected chi connectivity index (χ3v) is 6.26. The van der Waals surface area contributed by atoms with E-state index in [1.165, 1.54) is 63.4 Å². The highest BCUT2D eigenvalue weighted by molar-refractivity contribution is 9.10. The molecule has 0 amide bonds. The molecule has 134 valence electrons. The SMILES string of the molecule is CCCCC(CC)CN1Cc2cc(Br)ccc2-c2ccc(Br)cc2C1. The number of hydrogen-bond acceptors (Lipinski definition) is 1. The van der Waals surface area contributed by atoms with Gasteiger partial charge in [0.1, 0.15) is 0 Å². The van der Waals surface area contributed by atoms with Crippen LogP contribution in [0.2, 0.25) is 0 Å². The van der Waals surface area contributed by atoms with Gasteiger partial charge in [-0.05, 0) is 58.9 Å². The Balaban J connectivity index is 1.93. The lowest BCUT2D eigenvalue weighted by atomic mass is 9.97. The minimum absolute atomic E-state index is 0.796. The maximum atomic E-state index is 3.66. The molecule has 2 aromatic rings. The van der Waals surface area contributed by atoms with Crippen molar-refractivity contribution in [1.82, 2.24) is 4.90 Å². The lowest BCUT2D eigenvalue weighted by Gasteiger charge is -2.26. The van der Waals surface area contributed by atoms with Gasteiger partial charge in [0.15, 0.2) is 0 Å². The third kappa shape index (κ3) is 4.75. The van der Waals surface area contributed by atoms with E-state index in [0.717, 1.165) is 19.0 Å². The quantitative estimate of drug-likeness (QED) is 0.430. The first-order valence-electron chi connectivity index (χ1n) is 9.40. The fraction of sp³-hybridized carbons (Fsp3) is 0.455. The van der Waals surface area contributed by atoms with E-state index in [1.807, 2.05) is 0 Å². The van der Waals surface area contributed by atoms with Gasteiger partial charge in [0.05, 0.1) is 0 Å². The molecule has 1 heterocycles. The fourth-order valence-corrected chi connectivity index (χ4v) is 4.68. The molecule has 1 atom stereocenters. The first-order valence-corrected chi connectivity index (χ1v) is 11.0. The summed E-state index contributed by atoms with van der Waals surface area (Å²) in [5.41, 5.74) is 5.63. The lowest BCUT2D eigenvalue weighted by Crippen LogP contribution is -2.28. The molecule has 0 saturated carbocycles. The van der Waals surface area contributed by atoms with Crippen LogP contribution >= 0.6 is 31.9 Å². The summed E-state index contributed by atoms with van der Waals surface area (Å²) in [5.74, 6) is 0.796. The number of halogens is 2. The number of hydrogen-bond donors (Lipinski definition) is 0. The molecule has 1 aliphatic rings. The molecule has 0 saturated heterocycles. The van der Waals surface area contributed by atoms with Crippen LogP contribution < -0.4 is 0 Å². The van der Waals surface area contributed by atoms with E-state index in [0.29, 0.717) is 0 Å². The second-order valence-corrected chi connectivity index (χ2v) is 9.02. The van der Waals surface area contributed by atoms with Gasteiger partial charge >= 0.3 is 0 Å². The average Bonchev–Trinajstić information content (AvgIpc) is 2.73. The van der Waals surface area contributed by atoms with Gasteiger partial charge in [-0.1, -0.05) is 77.1 Å². The van der Waals surface area contributed by atoms with Crippen LogP contribution in [0.5, 0.6) is 0 Å². The first-order chi connectivity index (χ1) is 12.1. The van der Waals surface area contributed by atoms with Crippen LogP contribution in [0.4, 0.5) is 0 Å². The highest BCUT2D eigenvalue weighted by Gasteiger charge is 2.21. The molecule has 0 aliphatic carbocycles. The van der Waals surface area contributed by atoms with E-state index < -0.39 is 0 Å². The predicted molar refractivity (Wildman–Crippen MR) is 115 cm³/mol. The molecule has 0 spiro atoms. The van der Waals surface area contributed by atoms with Crippen molar-refractivity contribution in [2.45, 2.75) is 52.6 Å². The Morgan fingerprint density at radius 3 is 1.96 bits per heavy atom. The van der Waals surface area contributed by atoms with E-state index in [2.05, 4.69) is 87.0 Å². The molecule has 3 rings (SSSR count). The summed E-state index contributed by atoms with van der Waals surface area (Å²) in [6.45, 7) is 7.88. The zero-order valence-electron chi connectivity index (χ0n) is 15.2. The normalized spacial score (nSPS) is 15.4. The van der Waals surface area contributed by atoms with Crippen molar-refractivity contribution in [2.75, 3.05) is 6.54 Å². The summed E-state index contributed by atoms with van der Waals surface area (Å²) >= 11 is 7.32. The van der Waals surface area contributed by atoms with Gasteiger partial charge in [-0.3, -0.25) is 4.90 Å². The van der Waals surface area contributed by atoms with Crippen molar-refractivity contribution >= 4 is 31.9 Å². The first kappa shape index (κ1) is 19.1. The van der Waals surface area contributed by atoms with E-state index >= 15 is 0 Å². The zero-order valence-corrected chi connectivity index (χ0v) is 18.4. The zero-order chi connectivity index (χ0) is 17.8. The summed E-state index contributed by atoms with van der Waals surface area (Å²) < 4.78 is 2.34. The molecule has 0 fully saturated rings. The van der Waals surface area contributed by atoms with Crippen LogP contribution in [0, 0.1) is 5.92 Å². The number of nitrogens with zero attached hydrogens (tertiary/aromatic N) is 1. The predicted octanol–water partition coefficient (Wildman–Crippen LogP) is 7.41. The standard InChI is InChI=1S/C22H27Br2N/c1-3-5-6-16(4-2)13-25-14-17-11-19(23)7-9-21(17)22-10-8-20(24)12-18(22)15-25/h7-12,16H,3-6,13-15H2,1-2H3. The van der Waals surface area contributed by atoms with Gasteiger partial charge in [-0.25, -0.2) is 0 Å². The second kappa shape index (κ2) is 8.83. The Kier molecular flexibility index (Phi) is 6.76. The number of unbranched alkanes of at least 4 members (excludes halogenated alkanes) is 1. The minimum atomic E-state index is 0.796. The third-order valence-electron chi connectivity index (χ3n) is 5.27. The number of benzene rings is 2. The molecular formula is C22H27Br2N. The Labute approximate surface area is 169 Å². The summed E-state index contributed by atoms with van der Waals surface area (Å²) in [6.07, 6.45) is 5.26. The van der Waals surface area contributed by atoms with Crippen LogP contribution in [0.25, 0.3) is 11.1 Å². The van der Waals surface area contributed by atoms with Crippen LogP contribution in [-0.4, -0.2) is 11.4 Å². The van der Waals surface area contributed by atoms with Gasteiger partial charge in [0.2, 0.25) is 0 Å². The van der Waals surface area contributed by atoms with Gasteiger partial charge in [0.25, 0.3) is 0 Å². The molecule has 0 bridgehead atoms. The molecule has 3 heteroatoms. The van der Waals surface area contributed by atoms with Gasteiger partial charge in [0, 0.05) is 28.6 Å². The molecule has 0 N–H and O–H groups in total. The van der Waals surface area contributed by atoms with E-state index in [4.69, 9.17) is 0 Å². The van der Waals surface area contributed by atoms with Crippen LogP contribution in [-0.2, 0) is 13.1 Å². The highest BCUT2D eigenvalue weighted by Crippen LogP contribution is 2.36. The Hall–Kier alpha value is -0.640. The van der Waals surface area contributed by atoms with E-state index in [1.54, 1.807) is 0 Å². The van der Waals surface area contributed by atoms with Crippen LogP contribution in [0.1, 0.15) is 50.7 Å². The summed E-state index contributed by atoms with van der Waals surface area (Å²) in [5, 5.41) is 0. The molecule has 25 heavy (non-hydrogen) atoms. The number of rotatable bonds is 6. The highest BCUT2D eigenvalue weighted by atomic mass is 79.9. The molecule has 1 aliphatic heterocycles. The van der Waals surface area contributed by atoms with Crippen molar-refractivity contribution < 1.29 is 0 Å². The molecule has 1 nitrogen and oxygen atoms in total. The maximum Gasteiger partial charge on any atom is 0.0243 e. The van der Waals surface area contributed by atoms with E-state index in [-0.39, 0.29) is 0 Å². The molecule has 0 radical (unpaired) electrons. The Morgan fingerprint density at radius 2 is 1.48 bits per heavy atom. The van der Waals surface area contributed by atoms with Crippen LogP contribution in [0.15, 0.2) is 45.3 Å². The fourth-order valence-electron chi connectivity index (χ4n) is 3.86. The van der Waals surface area contributed by atoms with Gasteiger partial charge in [-0.2, -0.15) is 0 Å². The number of fused-ring (bicyclic) bond motifs is 3. The Morgan fingerprint density at radius 1 is 0.920 bits per heavy atom. The molecule has 2 aromatic carbocycles. The summed E-state index contributed by atoms with van der Waals surface area (Å²) in [4.78, 5) is 2.65. The van der Waals surface area contributed by atoms with E-state index in [9.17, 15) is 0 Å². The van der Waals surface area contributed by atoms with Gasteiger partial charge < -0.3 is 0 Å².